The molecule has 0 saturated carbocycles. The minimum absolute atomic E-state index is 0.401. The molecule has 1 rings (SSSR count). The van der Waals surface area contributed by atoms with Crippen LogP contribution >= 0.6 is 10.7 Å². The summed E-state index contributed by atoms with van der Waals surface area (Å²) in [6.45, 7) is 1.05. The van der Waals surface area contributed by atoms with Gasteiger partial charge < -0.3 is 0 Å². The molecule has 0 N–H and O–H groups in total. The molecule has 6 nitrogen and oxygen atoms in total. The SMILES string of the molecule is Cc1nc(S(=O)(=O)Cl)cc(C(F)F)c1[N+](=O)[O-]. The fourth-order valence-electron chi connectivity index (χ4n) is 1.19. The monoisotopic (exact) mass is 286 g/mol. The van der Waals surface area contributed by atoms with Crippen LogP contribution in [0.2, 0.25) is 0 Å². The Hall–Kier alpha value is -1.35. The van der Waals surface area contributed by atoms with Gasteiger partial charge in [0.1, 0.15) is 11.3 Å². The van der Waals surface area contributed by atoms with Gasteiger partial charge in [-0.25, -0.2) is 22.2 Å². The molecule has 0 fully saturated rings. The van der Waals surface area contributed by atoms with Crippen molar-refractivity contribution in [1.29, 1.82) is 0 Å². The van der Waals surface area contributed by atoms with Crippen molar-refractivity contribution in [3.05, 3.63) is 27.4 Å². The van der Waals surface area contributed by atoms with Crippen LogP contribution in [0.3, 0.4) is 0 Å². The zero-order valence-electron chi connectivity index (χ0n) is 8.22. The van der Waals surface area contributed by atoms with Crippen molar-refractivity contribution in [2.45, 2.75) is 18.4 Å². The highest BCUT2D eigenvalue weighted by Gasteiger charge is 2.28. The first-order valence-corrected chi connectivity index (χ1v) is 6.34. The highest BCUT2D eigenvalue weighted by atomic mass is 35.7. The average molecular weight is 287 g/mol. The van der Waals surface area contributed by atoms with Gasteiger partial charge >= 0.3 is 0 Å². The van der Waals surface area contributed by atoms with Gasteiger partial charge in [-0.3, -0.25) is 10.1 Å². The lowest BCUT2D eigenvalue weighted by Crippen LogP contribution is -2.05. The van der Waals surface area contributed by atoms with Crippen molar-refractivity contribution in [2.75, 3.05) is 0 Å². The molecule has 0 aromatic carbocycles. The summed E-state index contributed by atoms with van der Waals surface area (Å²) in [4.78, 5) is 12.8. The zero-order valence-corrected chi connectivity index (χ0v) is 9.80. The molecule has 1 aromatic heterocycles. The summed E-state index contributed by atoms with van der Waals surface area (Å²) in [6.07, 6.45) is -3.20. The van der Waals surface area contributed by atoms with Gasteiger partial charge in [-0.15, -0.1) is 0 Å². The number of aryl methyl sites for hydroxylation is 1. The van der Waals surface area contributed by atoms with Crippen LogP contribution in [-0.4, -0.2) is 18.3 Å². The molecule has 0 spiro atoms. The number of rotatable bonds is 3. The Morgan fingerprint density at radius 3 is 2.41 bits per heavy atom. The molecular formula is C7H5ClF2N2O4S. The van der Waals surface area contributed by atoms with E-state index in [4.69, 9.17) is 10.7 Å². The number of halogens is 3. The van der Waals surface area contributed by atoms with Crippen LogP contribution in [-0.2, 0) is 9.05 Å². The quantitative estimate of drug-likeness (QED) is 0.482. The van der Waals surface area contributed by atoms with Crippen LogP contribution in [0.15, 0.2) is 11.1 Å². The van der Waals surface area contributed by atoms with Crippen LogP contribution in [0.1, 0.15) is 17.7 Å². The van der Waals surface area contributed by atoms with Crippen LogP contribution < -0.4 is 0 Å². The van der Waals surface area contributed by atoms with Crippen molar-refractivity contribution < 1.29 is 22.1 Å². The molecule has 0 aliphatic rings. The molecule has 0 aliphatic carbocycles. The van der Waals surface area contributed by atoms with E-state index in [1.807, 2.05) is 0 Å². The minimum atomic E-state index is -4.32. The summed E-state index contributed by atoms with van der Waals surface area (Å²) in [6, 6.07) is 0.401. The molecule has 0 aliphatic heterocycles. The van der Waals surface area contributed by atoms with E-state index in [9.17, 15) is 27.3 Å². The molecule has 0 amide bonds. The van der Waals surface area contributed by atoms with Crippen LogP contribution in [0, 0.1) is 17.0 Å². The standard InChI is InChI=1S/C7H5ClF2N2O4S/c1-3-6(12(13)14)4(7(9)10)2-5(11-3)17(8,15)16/h2,7H,1H3. The Labute approximate surface area is 98.8 Å². The van der Waals surface area contributed by atoms with Gasteiger partial charge in [-0.05, 0) is 13.0 Å². The van der Waals surface area contributed by atoms with E-state index in [0.717, 1.165) is 6.92 Å². The number of nitrogens with zero attached hydrogens (tertiary/aromatic N) is 2. The van der Waals surface area contributed by atoms with Gasteiger partial charge in [-0.2, -0.15) is 0 Å². The summed E-state index contributed by atoms with van der Waals surface area (Å²) in [5, 5.41) is 9.72. The fraction of sp³-hybridized carbons (Fsp3) is 0.286. The van der Waals surface area contributed by atoms with E-state index in [1.54, 1.807) is 0 Å². The first-order chi connectivity index (χ1) is 7.64. The zero-order chi connectivity index (χ0) is 13.4. The predicted octanol–water partition coefficient (Wildman–Crippen LogP) is 2.16. The first-order valence-electron chi connectivity index (χ1n) is 4.03. The molecule has 0 unspecified atom stereocenters. The Balaban J connectivity index is 3.64. The van der Waals surface area contributed by atoms with Crippen molar-refractivity contribution in [1.82, 2.24) is 4.98 Å². The Morgan fingerprint density at radius 1 is 1.53 bits per heavy atom. The second-order valence-corrected chi connectivity index (χ2v) is 5.49. The third-order valence-corrected chi connectivity index (χ3v) is 3.02. The molecular weight excluding hydrogens is 282 g/mol. The summed E-state index contributed by atoms with van der Waals surface area (Å²) in [7, 11) is 0.615. The number of nitro groups is 1. The third kappa shape index (κ3) is 2.86. The summed E-state index contributed by atoms with van der Waals surface area (Å²) in [5.74, 6) is 0. The van der Waals surface area contributed by atoms with Crippen molar-refractivity contribution in [3.63, 3.8) is 0 Å². The van der Waals surface area contributed by atoms with Gasteiger partial charge in [0.15, 0.2) is 5.03 Å². The molecule has 94 valence electrons. The number of pyridine rings is 1. The van der Waals surface area contributed by atoms with Gasteiger partial charge in [0.2, 0.25) is 0 Å². The molecule has 10 heteroatoms. The van der Waals surface area contributed by atoms with Crippen LogP contribution in [0.4, 0.5) is 14.5 Å². The third-order valence-electron chi connectivity index (χ3n) is 1.84. The number of hydrogen-bond acceptors (Lipinski definition) is 5. The minimum Gasteiger partial charge on any atom is -0.258 e. The highest BCUT2D eigenvalue weighted by Crippen LogP contribution is 2.32. The lowest BCUT2D eigenvalue weighted by Gasteiger charge is -2.05. The van der Waals surface area contributed by atoms with Crippen molar-refractivity contribution in [2.24, 2.45) is 0 Å². The van der Waals surface area contributed by atoms with Crippen LogP contribution in [0.25, 0.3) is 0 Å². The van der Waals surface area contributed by atoms with E-state index in [0.29, 0.717) is 6.07 Å². The maximum absolute atomic E-state index is 12.6. The number of aromatic nitrogens is 1. The largest absolute Gasteiger partial charge is 0.299 e. The van der Waals surface area contributed by atoms with Gasteiger partial charge in [0.25, 0.3) is 21.2 Å². The van der Waals surface area contributed by atoms with Gasteiger partial charge in [-0.1, -0.05) is 0 Å². The molecule has 1 aromatic rings. The topological polar surface area (TPSA) is 90.2 Å². The number of hydrogen-bond donors (Lipinski definition) is 0. The molecule has 0 radical (unpaired) electrons. The summed E-state index contributed by atoms with van der Waals surface area (Å²) < 4.78 is 47.0. The van der Waals surface area contributed by atoms with Crippen molar-refractivity contribution in [3.8, 4) is 0 Å². The Kier molecular flexibility index (Phi) is 3.62. The lowest BCUT2D eigenvalue weighted by molar-refractivity contribution is -0.387. The second kappa shape index (κ2) is 4.49. The average Bonchev–Trinajstić information content (AvgIpc) is 2.13. The maximum atomic E-state index is 12.6. The second-order valence-electron chi connectivity index (χ2n) is 2.98. The normalized spacial score (nSPS) is 11.8. The van der Waals surface area contributed by atoms with Gasteiger partial charge in [0.05, 0.1) is 4.92 Å². The molecule has 0 saturated heterocycles. The fourth-order valence-corrected chi connectivity index (χ4v) is 1.94. The smallest absolute Gasteiger partial charge is 0.258 e. The molecule has 17 heavy (non-hydrogen) atoms. The predicted molar refractivity (Wildman–Crippen MR) is 53.6 cm³/mol. The van der Waals surface area contributed by atoms with E-state index in [1.165, 1.54) is 0 Å². The summed E-state index contributed by atoms with van der Waals surface area (Å²) >= 11 is 0. The molecule has 0 atom stereocenters. The lowest BCUT2D eigenvalue weighted by atomic mass is 10.2. The van der Waals surface area contributed by atoms with E-state index < -0.39 is 42.4 Å². The van der Waals surface area contributed by atoms with Gasteiger partial charge in [0, 0.05) is 10.7 Å². The van der Waals surface area contributed by atoms with Crippen LogP contribution in [0.5, 0.6) is 0 Å². The molecule has 0 bridgehead atoms. The van der Waals surface area contributed by atoms with E-state index in [-0.39, 0.29) is 0 Å². The van der Waals surface area contributed by atoms with Crippen molar-refractivity contribution >= 4 is 25.4 Å². The first kappa shape index (κ1) is 13.7. The van der Waals surface area contributed by atoms with E-state index >= 15 is 0 Å². The van der Waals surface area contributed by atoms with E-state index in [2.05, 4.69) is 4.98 Å². The highest BCUT2D eigenvalue weighted by molar-refractivity contribution is 8.13. The maximum Gasteiger partial charge on any atom is 0.299 e. The Morgan fingerprint density at radius 2 is 2.06 bits per heavy atom. The number of alkyl halides is 2. The molecule has 1 heterocycles. The summed E-state index contributed by atoms with van der Waals surface area (Å²) in [5.41, 5.74) is -2.38. The Bertz CT molecular complexity index is 575.